The Morgan fingerprint density at radius 1 is 1.38 bits per heavy atom. The van der Waals surface area contributed by atoms with Crippen LogP contribution in [0.15, 0.2) is 12.1 Å². The zero-order valence-electron chi connectivity index (χ0n) is 14.7. The zero-order valence-corrected chi connectivity index (χ0v) is 14.7. The third-order valence-electron chi connectivity index (χ3n) is 4.95. The van der Waals surface area contributed by atoms with Gasteiger partial charge in [0.15, 0.2) is 5.78 Å². The Morgan fingerprint density at radius 3 is 2.75 bits per heavy atom. The standard InChI is InChI=1S/C19H24N2O3/c1-5-6-15(23)17-16(24-4)8-7-13-14-9-10-21(12(3)22)11(2)18(14)20-19(13)17/h7-8,11,20H,5-6,9-10H2,1-4H3. The lowest BCUT2D eigenvalue weighted by molar-refractivity contribution is -0.131. The van der Waals surface area contributed by atoms with E-state index >= 15 is 0 Å². The third kappa shape index (κ3) is 2.48. The number of hydrogen-bond acceptors (Lipinski definition) is 3. The molecule has 1 unspecified atom stereocenters. The molecule has 5 heteroatoms. The Kier molecular flexibility index (Phi) is 4.35. The Morgan fingerprint density at radius 2 is 2.12 bits per heavy atom. The number of nitrogens with zero attached hydrogens (tertiary/aromatic N) is 1. The zero-order chi connectivity index (χ0) is 17.4. The fourth-order valence-corrected chi connectivity index (χ4v) is 3.76. The van der Waals surface area contributed by atoms with Gasteiger partial charge in [-0.2, -0.15) is 0 Å². The highest BCUT2D eigenvalue weighted by Crippen LogP contribution is 2.38. The van der Waals surface area contributed by atoms with Crippen molar-refractivity contribution >= 4 is 22.6 Å². The van der Waals surface area contributed by atoms with Crippen molar-refractivity contribution in [2.24, 2.45) is 0 Å². The Hall–Kier alpha value is -2.30. The minimum absolute atomic E-state index is 0.0150. The van der Waals surface area contributed by atoms with E-state index in [1.165, 1.54) is 5.56 Å². The van der Waals surface area contributed by atoms with Crippen molar-refractivity contribution in [3.63, 3.8) is 0 Å². The fraction of sp³-hybridized carbons (Fsp3) is 0.474. The number of carbonyl (C=O) groups excluding carboxylic acids is 2. The number of nitrogens with one attached hydrogen (secondary N) is 1. The maximum absolute atomic E-state index is 12.6. The van der Waals surface area contributed by atoms with E-state index in [1.54, 1.807) is 14.0 Å². The van der Waals surface area contributed by atoms with E-state index in [-0.39, 0.29) is 17.7 Å². The average Bonchev–Trinajstić information content (AvgIpc) is 2.93. The number of ether oxygens (including phenoxy) is 1. The van der Waals surface area contributed by atoms with E-state index in [0.717, 1.165) is 29.4 Å². The molecule has 2 aromatic rings. The highest BCUT2D eigenvalue weighted by Gasteiger charge is 2.30. The minimum Gasteiger partial charge on any atom is -0.496 e. The molecular weight excluding hydrogens is 304 g/mol. The summed E-state index contributed by atoms with van der Waals surface area (Å²) in [6, 6.07) is 3.88. The SMILES string of the molecule is CCCC(=O)c1c(OC)ccc2c3c([nH]c12)C(C)N(C(C)=O)CC3. The summed E-state index contributed by atoms with van der Waals surface area (Å²) in [7, 11) is 1.59. The molecule has 0 bridgehead atoms. The van der Waals surface area contributed by atoms with Crippen LogP contribution in [0.3, 0.4) is 0 Å². The van der Waals surface area contributed by atoms with E-state index in [1.807, 2.05) is 30.9 Å². The van der Waals surface area contributed by atoms with Crippen LogP contribution >= 0.6 is 0 Å². The van der Waals surface area contributed by atoms with Crippen LogP contribution < -0.4 is 4.74 Å². The van der Waals surface area contributed by atoms with Gasteiger partial charge < -0.3 is 14.6 Å². The second-order valence-electron chi connectivity index (χ2n) is 6.39. The van der Waals surface area contributed by atoms with Crippen LogP contribution in [0.2, 0.25) is 0 Å². The van der Waals surface area contributed by atoms with E-state index in [9.17, 15) is 9.59 Å². The number of ketones is 1. The number of aromatic amines is 1. The van der Waals surface area contributed by atoms with Crippen LogP contribution in [-0.4, -0.2) is 35.2 Å². The van der Waals surface area contributed by atoms with Gasteiger partial charge in [0.05, 0.1) is 24.2 Å². The van der Waals surface area contributed by atoms with Gasteiger partial charge in [0.2, 0.25) is 5.91 Å². The number of amides is 1. The molecule has 5 nitrogen and oxygen atoms in total. The Balaban J connectivity index is 2.20. The predicted molar refractivity (Wildman–Crippen MR) is 93.6 cm³/mol. The quantitative estimate of drug-likeness (QED) is 0.872. The largest absolute Gasteiger partial charge is 0.496 e. The number of aromatic nitrogens is 1. The van der Waals surface area contributed by atoms with Gasteiger partial charge in [-0.25, -0.2) is 0 Å². The number of methoxy groups -OCH3 is 1. The molecule has 0 fully saturated rings. The van der Waals surface area contributed by atoms with Gasteiger partial charge in [-0.1, -0.05) is 6.92 Å². The Labute approximate surface area is 142 Å². The van der Waals surface area contributed by atoms with Crippen LogP contribution in [0.4, 0.5) is 0 Å². The first kappa shape index (κ1) is 16.6. The number of hydrogen-bond donors (Lipinski definition) is 1. The normalized spacial score (nSPS) is 17.0. The summed E-state index contributed by atoms with van der Waals surface area (Å²) in [5, 5.41) is 1.07. The van der Waals surface area contributed by atoms with Crippen LogP contribution in [0.5, 0.6) is 5.75 Å². The second-order valence-corrected chi connectivity index (χ2v) is 6.39. The maximum Gasteiger partial charge on any atom is 0.220 e. The Bertz CT molecular complexity index is 807. The monoisotopic (exact) mass is 328 g/mol. The summed E-state index contributed by atoms with van der Waals surface area (Å²) < 4.78 is 5.43. The van der Waals surface area contributed by atoms with Crippen molar-refractivity contribution in [1.82, 2.24) is 9.88 Å². The molecule has 0 aliphatic carbocycles. The highest BCUT2D eigenvalue weighted by atomic mass is 16.5. The van der Waals surface area contributed by atoms with Gasteiger partial charge in [-0.05, 0) is 37.5 Å². The van der Waals surface area contributed by atoms with E-state index < -0.39 is 0 Å². The predicted octanol–water partition coefficient (Wildman–Crippen LogP) is 3.62. The first-order valence-corrected chi connectivity index (χ1v) is 8.51. The van der Waals surface area contributed by atoms with Crippen LogP contribution in [0.1, 0.15) is 61.3 Å². The molecule has 0 radical (unpaired) electrons. The maximum atomic E-state index is 12.6. The molecule has 1 amide bonds. The highest BCUT2D eigenvalue weighted by molar-refractivity contribution is 6.10. The van der Waals surface area contributed by atoms with Crippen LogP contribution in [-0.2, 0) is 11.2 Å². The number of fused-ring (bicyclic) bond motifs is 3. The molecule has 2 heterocycles. The van der Waals surface area contributed by atoms with Gasteiger partial charge in [-0.3, -0.25) is 9.59 Å². The molecule has 24 heavy (non-hydrogen) atoms. The lowest BCUT2D eigenvalue weighted by Gasteiger charge is -2.32. The molecule has 1 aliphatic heterocycles. The molecule has 3 rings (SSSR count). The number of carbonyl (C=O) groups is 2. The van der Waals surface area contributed by atoms with Crippen LogP contribution in [0.25, 0.3) is 10.9 Å². The lowest BCUT2D eigenvalue weighted by Crippen LogP contribution is -2.37. The van der Waals surface area contributed by atoms with E-state index in [0.29, 0.717) is 24.3 Å². The first-order chi connectivity index (χ1) is 11.5. The smallest absolute Gasteiger partial charge is 0.220 e. The number of H-pyrrole nitrogens is 1. The molecule has 1 atom stereocenters. The van der Waals surface area contributed by atoms with Crippen molar-refractivity contribution in [3.05, 3.63) is 29.0 Å². The van der Waals surface area contributed by atoms with E-state index in [2.05, 4.69) is 4.98 Å². The molecule has 0 saturated heterocycles. The molecule has 1 aromatic carbocycles. The first-order valence-electron chi connectivity index (χ1n) is 8.51. The second kappa shape index (κ2) is 6.30. The summed E-state index contributed by atoms with van der Waals surface area (Å²) in [5.74, 6) is 0.775. The fourth-order valence-electron chi connectivity index (χ4n) is 3.76. The van der Waals surface area contributed by atoms with E-state index in [4.69, 9.17) is 4.74 Å². The van der Waals surface area contributed by atoms with Gasteiger partial charge in [0, 0.05) is 31.0 Å². The van der Waals surface area contributed by atoms with Gasteiger partial charge in [-0.15, -0.1) is 0 Å². The van der Waals surface area contributed by atoms with Crippen molar-refractivity contribution in [1.29, 1.82) is 0 Å². The van der Waals surface area contributed by atoms with Crippen molar-refractivity contribution in [2.45, 2.75) is 46.1 Å². The molecule has 1 aliphatic rings. The van der Waals surface area contributed by atoms with Crippen molar-refractivity contribution in [3.8, 4) is 5.75 Å². The lowest BCUT2D eigenvalue weighted by atomic mass is 9.96. The average molecular weight is 328 g/mol. The van der Waals surface area contributed by atoms with Gasteiger partial charge in [0.1, 0.15) is 5.75 Å². The van der Waals surface area contributed by atoms with Gasteiger partial charge >= 0.3 is 0 Å². The molecule has 1 N–H and O–H groups in total. The summed E-state index contributed by atoms with van der Waals surface area (Å²) in [6.07, 6.45) is 2.09. The summed E-state index contributed by atoms with van der Waals surface area (Å²) >= 11 is 0. The number of rotatable bonds is 4. The minimum atomic E-state index is -0.0150. The van der Waals surface area contributed by atoms with Crippen LogP contribution in [0, 0.1) is 0 Å². The van der Waals surface area contributed by atoms with Gasteiger partial charge in [0.25, 0.3) is 0 Å². The van der Waals surface area contributed by atoms with Crippen molar-refractivity contribution < 1.29 is 14.3 Å². The number of benzene rings is 1. The topological polar surface area (TPSA) is 62.4 Å². The number of Topliss-reactive ketones (excluding diaryl/α,β-unsaturated/α-hetero) is 1. The summed E-state index contributed by atoms with van der Waals surface area (Å²) in [5.41, 5.74) is 3.72. The molecule has 128 valence electrons. The third-order valence-corrected chi connectivity index (χ3v) is 4.95. The molecule has 1 aromatic heterocycles. The van der Waals surface area contributed by atoms with Crippen molar-refractivity contribution in [2.75, 3.05) is 13.7 Å². The molecule has 0 saturated carbocycles. The molecular formula is C19H24N2O3. The molecule has 0 spiro atoms. The summed E-state index contributed by atoms with van der Waals surface area (Å²) in [6.45, 7) is 6.33. The summed E-state index contributed by atoms with van der Waals surface area (Å²) in [4.78, 5) is 29.8.